The average molecular weight is 420 g/mol. The highest BCUT2D eigenvalue weighted by Gasteiger charge is 2.31. The first-order valence-electron chi connectivity index (χ1n) is 8.97. The molecule has 154 valence electrons. The third-order valence-corrected chi connectivity index (χ3v) is 6.52. The van der Waals surface area contributed by atoms with Gasteiger partial charge < -0.3 is 9.64 Å². The molecule has 1 aliphatic heterocycles. The Labute approximate surface area is 168 Å². The summed E-state index contributed by atoms with van der Waals surface area (Å²) in [4.78, 5) is 26.1. The first-order valence-corrected chi connectivity index (χ1v) is 10.4. The Morgan fingerprint density at radius 2 is 1.83 bits per heavy atom. The second kappa shape index (κ2) is 8.30. The molecule has 1 heterocycles. The van der Waals surface area contributed by atoms with E-state index in [0.29, 0.717) is 6.42 Å². The van der Waals surface area contributed by atoms with Gasteiger partial charge in [-0.25, -0.2) is 12.8 Å². The van der Waals surface area contributed by atoms with Crippen molar-refractivity contribution in [1.29, 1.82) is 0 Å². The monoisotopic (exact) mass is 420 g/mol. The van der Waals surface area contributed by atoms with E-state index in [-0.39, 0.29) is 16.8 Å². The number of rotatable bonds is 6. The van der Waals surface area contributed by atoms with Crippen LogP contribution in [0.4, 0.5) is 10.1 Å². The number of carbonyl (C=O) groups is 2. The molecule has 29 heavy (non-hydrogen) atoms. The van der Waals surface area contributed by atoms with Gasteiger partial charge >= 0.3 is 5.97 Å². The number of esters is 1. The fourth-order valence-corrected chi connectivity index (χ4v) is 4.37. The van der Waals surface area contributed by atoms with E-state index in [0.717, 1.165) is 39.8 Å². The maximum Gasteiger partial charge on any atom is 0.321 e. The minimum atomic E-state index is -3.98. The predicted molar refractivity (Wildman–Crippen MR) is 104 cm³/mol. The number of halogens is 1. The van der Waals surface area contributed by atoms with Crippen molar-refractivity contribution in [2.45, 2.75) is 24.3 Å². The molecule has 2 aromatic carbocycles. The molecule has 1 atom stereocenters. The van der Waals surface area contributed by atoms with E-state index in [1.54, 1.807) is 4.90 Å². The van der Waals surface area contributed by atoms with Gasteiger partial charge in [0.2, 0.25) is 10.0 Å². The zero-order valence-electron chi connectivity index (χ0n) is 16.0. The van der Waals surface area contributed by atoms with Crippen LogP contribution in [-0.4, -0.2) is 50.8 Å². The van der Waals surface area contributed by atoms with E-state index < -0.39 is 35.0 Å². The number of sulfonamides is 1. The van der Waals surface area contributed by atoms with Crippen molar-refractivity contribution in [3.8, 4) is 0 Å². The molecule has 2 aromatic rings. The molecule has 0 bridgehead atoms. The summed E-state index contributed by atoms with van der Waals surface area (Å²) < 4.78 is 43.6. The van der Waals surface area contributed by atoms with Gasteiger partial charge in [-0.3, -0.25) is 9.59 Å². The molecule has 0 spiro atoms. The Balaban J connectivity index is 1.58. The van der Waals surface area contributed by atoms with E-state index in [2.05, 4.69) is 0 Å². The molecule has 7 nitrogen and oxygen atoms in total. The van der Waals surface area contributed by atoms with Crippen LogP contribution in [0.15, 0.2) is 53.4 Å². The number of benzene rings is 2. The maximum absolute atomic E-state index is 13.0. The van der Waals surface area contributed by atoms with Crippen molar-refractivity contribution in [2.24, 2.45) is 0 Å². The number of para-hydroxylation sites is 1. The van der Waals surface area contributed by atoms with Crippen LogP contribution in [0.5, 0.6) is 0 Å². The summed E-state index contributed by atoms with van der Waals surface area (Å²) in [5.74, 6) is -1.80. The first kappa shape index (κ1) is 20.9. The van der Waals surface area contributed by atoms with Crippen LogP contribution in [0.3, 0.4) is 0 Å². The Hall–Kier alpha value is -2.78. The number of hydrogen-bond donors (Lipinski definition) is 0. The molecule has 0 saturated heterocycles. The van der Waals surface area contributed by atoms with Gasteiger partial charge in [0.1, 0.15) is 12.4 Å². The minimum Gasteiger partial charge on any atom is -0.455 e. The van der Waals surface area contributed by atoms with Gasteiger partial charge in [0.15, 0.2) is 6.61 Å². The first-order chi connectivity index (χ1) is 13.7. The van der Waals surface area contributed by atoms with Crippen molar-refractivity contribution in [3.63, 3.8) is 0 Å². The third kappa shape index (κ3) is 4.46. The number of fused-ring (bicyclic) bond motifs is 1. The van der Waals surface area contributed by atoms with Crippen LogP contribution in [0.25, 0.3) is 0 Å². The van der Waals surface area contributed by atoms with E-state index in [1.807, 2.05) is 31.2 Å². The molecule has 0 saturated carbocycles. The maximum atomic E-state index is 13.0. The molecule has 0 N–H and O–H groups in total. The summed E-state index contributed by atoms with van der Waals surface area (Å²) in [6, 6.07) is 11.7. The third-order valence-electron chi connectivity index (χ3n) is 4.71. The largest absolute Gasteiger partial charge is 0.455 e. The van der Waals surface area contributed by atoms with Crippen LogP contribution in [0.1, 0.15) is 12.5 Å². The lowest BCUT2D eigenvalue weighted by molar-refractivity contribution is -0.147. The summed E-state index contributed by atoms with van der Waals surface area (Å²) in [6.07, 6.45) is 0.717. The Bertz CT molecular complexity index is 1020. The molecule has 0 radical (unpaired) electrons. The van der Waals surface area contributed by atoms with Gasteiger partial charge in [-0.2, -0.15) is 4.31 Å². The molecule has 9 heteroatoms. The number of ether oxygens (including phenoxy) is 1. The number of likely N-dealkylation sites (N-methyl/N-ethyl adjacent to an activating group) is 1. The summed E-state index contributed by atoms with van der Waals surface area (Å²) in [7, 11) is -2.77. The van der Waals surface area contributed by atoms with Gasteiger partial charge in [-0.15, -0.1) is 0 Å². The van der Waals surface area contributed by atoms with Gasteiger partial charge in [0.25, 0.3) is 5.91 Å². The Morgan fingerprint density at radius 1 is 1.17 bits per heavy atom. The highest BCUT2D eigenvalue weighted by Crippen LogP contribution is 2.31. The summed E-state index contributed by atoms with van der Waals surface area (Å²) in [5.41, 5.74) is 1.84. The quantitative estimate of drug-likeness (QED) is 0.667. The topological polar surface area (TPSA) is 84.0 Å². The van der Waals surface area contributed by atoms with Gasteiger partial charge in [-0.1, -0.05) is 18.2 Å². The summed E-state index contributed by atoms with van der Waals surface area (Å²) in [5, 5.41) is 0. The van der Waals surface area contributed by atoms with Crippen molar-refractivity contribution in [1.82, 2.24) is 4.31 Å². The molecule has 0 fully saturated rings. The zero-order chi connectivity index (χ0) is 21.2. The molecular weight excluding hydrogens is 399 g/mol. The minimum absolute atomic E-state index is 0.0554. The van der Waals surface area contributed by atoms with Crippen LogP contribution >= 0.6 is 0 Å². The molecule has 1 aliphatic rings. The number of anilines is 1. The highest BCUT2D eigenvalue weighted by molar-refractivity contribution is 7.89. The molecule has 0 aliphatic carbocycles. The average Bonchev–Trinajstić information content (AvgIpc) is 3.02. The smallest absolute Gasteiger partial charge is 0.321 e. The molecule has 0 aromatic heterocycles. The highest BCUT2D eigenvalue weighted by atomic mass is 32.2. The number of amides is 1. The van der Waals surface area contributed by atoms with E-state index in [9.17, 15) is 22.4 Å². The number of nitrogens with zero attached hydrogens (tertiary/aromatic N) is 2. The van der Waals surface area contributed by atoms with Crippen molar-refractivity contribution >= 4 is 27.6 Å². The molecule has 1 amide bonds. The summed E-state index contributed by atoms with van der Waals surface area (Å²) >= 11 is 0. The predicted octanol–water partition coefficient (Wildman–Crippen LogP) is 1.97. The van der Waals surface area contributed by atoms with Crippen LogP contribution in [0.2, 0.25) is 0 Å². The van der Waals surface area contributed by atoms with Crippen molar-refractivity contribution in [3.05, 3.63) is 59.9 Å². The zero-order valence-corrected chi connectivity index (χ0v) is 16.9. The normalized spacial score (nSPS) is 16.0. The fourth-order valence-electron chi connectivity index (χ4n) is 3.26. The fraction of sp³-hybridized carbons (Fsp3) is 0.300. The van der Waals surface area contributed by atoms with Gasteiger partial charge in [0, 0.05) is 18.8 Å². The molecule has 3 rings (SSSR count). The Kier molecular flexibility index (Phi) is 5.99. The lowest BCUT2D eigenvalue weighted by Gasteiger charge is -2.23. The van der Waals surface area contributed by atoms with Crippen molar-refractivity contribution in [2.75, 3.05) is 25.1 Å². The van der Waals surface area contributed by atoms with Crippen LogP contribution in [0, 0.1) is 5.82 Å². The van der Waals surface area contributed by atoms with E-state index in [4.69, 9.17) is 4.74 Å². The molecular formula is C20H21FN2O5S. The van der Waals surface area contributed by atoms with E-state index in [1.165, 1.54) is 7.05 Å². The second-order valence-corrected chi connectivity index (χ2v) is 8.87. The van der Waals surface area contributed by atoms with E-state index >= 15 is 0 Å². The van der Waals surface area contributed by atoms with Gasteiger partial charge in [-0.05, 0) is 49.2 Å². The summed E-state index contributed by atoms with van der Waals surface area (Å²) in [6.45, 7) is 0.851. The number of hydrogen-bond acceptors (Lipinski definition) is 5. The van der Waals surface area contributed by atoms with Crippen LogP contribution in [-0.2, 0) is 30.8 Å². The van der Waals surface area contributed by atoms with Gasteiger partial charge in [0.05, 0.1) is 4.90 Å². The Morgan fingerprint density at radius 3 is 2.52 bits per heavy atom. The lowest BCUT2D eigenvalue weighted by Crippen LogP contribution is -2.40. The number of carbonyl (C=O) groups excluding carboxylic acids is 2. The SMILES string of the molecule is C[C@H]1Cc2ccccc2N1C(=O)COC(=O)CN(C)S(=O)(=O)c1ccc(F)cc1. The lowest BCUT2D eigenvalue weighted by atomic mass is 10.1. The standard InChI is InChI=1S/C20H21FN2O5S/c1-14-11-15-5-3-4-6-18(15)23(14)19(24)13-28-20(25)12-22(2)29(26,27)17-9-7-16(21)8-10-17/h3-10,14H,11-13H2,1-2H3/t14-/m0/s1. The van der Waals surface area contributed by atoms with Crippen molar-refractivity contribution < 1.29 is 27.1 Å². The molecule has 0 unspecified atom stereocenters. The van der Waals surface area contributed by atoms with Crippen LogP contribution < -0.4 is 4.90 Å². The second-order valence-electron chi connectivity index (χ2n) is 6.82.